The fraction of sp³-hybridized carbons (Fsp3) is 1.00. The van der Waals surface area contributed by atoms with Gasteiger partial charge in [0.1, 0.15) is 0 Å². The van der Waals surface area contributed by atoms with Gasteiger partial charge in [0, 0.05) is 18.5 Å². The molecule has 0 aromatic heterocycles. The normalized spacial score (nSPS) is 47.3. The standard InChI is InChI=1S/C11H21NO/c1-11(13)7-8-12(2)10-6-4-3-5-9(10)11/h9-10,13H,3-8H2,1-2H3/t9-,10-,11-/m1/s1. The van der Waals surface area contributed by atoms with E-state index in [1.165, 1.54) is 25.7 Å². The van der Waals surface area contributed by atoms with E-state index in [1.54, 1.807) is 0 Å². The first-order valence-corrected chi connectivity index (χ1v) is 5.54. The van der Waals surface area contributed by atoms with Crippen LogP contribution in [0, 0.1) is 5.92 Å². The Kier molecular flexibility index (Phi) is 2.37. The lowest BCUT2D eigenvalue weighted by Gasteiger charge is -2.50. The van der Waals surface area contributed by atoms with Crippen LogP contribution in [-0.4, -0.2) is 35.2 Å². The second-order valence-corrected chi connectivity index (χ2v) is 5.05. The molecule has 2 rings (SSSR count). The molecule has 2 fully saturated rings. The monoisotopic (exact) mass is 183 g/mol. The van der Waals surface area contributed by atoms with Gasteiger partial charge >= 0.3 is 0 Å². The molecule has 1 aliphatic heterocycles. The number of hydrogen-bond acceptors (Lipinski definition) is 2. The van der Waals surface area contributed by atoms with Crippen LogP contribution in [0.1, 0.15) is 39.0 Å². The van der Waals surface area contributed by atoms with Crippen LogP contribution in [0.5, 0.6) is 0 Å². The number of piperidine rings is 1. The third kappa shape index (κ3) is 1.62. The van der Waals surface area contributed by atoms with Gasteiger partial charge in [0.05, 0.1) is 5.60 Å². The van der Waals surface area contributed by atoms with Crippen molar-refractivity contribution in [3.63, 3.8) is 0 Å². The van der Waals surface area contributed by atoms with Crippen molar-refractivity contribution in [2.45, 2.75) is 50.7 Å². The molecule has 13 heavy (non-hydrogen) atoms. The zero-order chi connectivity index (χ0) is 9.47. The van der Waals surface area contributed by atoms with Crippen molar-refractivity contribution in [3.8, 4) is 0 Å². The highest BCUT2D eigenvalue weighted by molar-refractivity contribution is 4.97. The third-order valence-electron chi connectivity index (χ3n) is 4.07. The Hall–Kier alpha value is -0.0800. The van der Waals surface area contributed by atoms with Gasteiger partial charge in [0.2, 0.25) is 0 Å². The molecule has 0 radical (unpaired) electrons. The lowest BCUT2D eigenvalue weighted by Crippen LogP contribution is -2.56. The molecular formula is C11H21NO. The lowest BCUT2D eigenvalue weighted by molar-refractivity contribution is -0.0958. The molecule has 3 atom stereocenters. The summed E-state index contributed by atoms with van der Waals surface area (Å²) in [5.41, 5.74) is -0.391. The maximum Gasteiger partial charge on any atom is 0.0674 e. The predicted molar refractivity (Wildman–Crippen MR) is 53.6 cm³/mol. The van der Waals surface area contributed by atoms with E-state index in [9.17, 15) is 5.11 Å². The number of aliphatic hydroxyl groups is 1. The molecule has 0 aromatic carbocycles. The average Bonchev–Trinajstić information content (AvgIpc) is 2.13. The molecule has 0 bridgehead atoms. The number of hydrogen-bond donors (Lipinski definition) is 1. The third-order valence-corrected chi connectivity index (χ3v) is 4.07. The molecule has 2 aliphatic rings. The van der Waals surface area contributed by atoms with Gasteiger partial charge in [-0.25, -0.2) is 0 Å². The maximum atomic E-state index is 10.3. The van der Waals surface area contributed by atoms with Crippen molar-refractivity contribution in [1.29, 1.82) is 0 Å². The summed E-state index contributed by atoms with van der Waals surface area (Å²) in [6.07, 6.45) is 6.12. The second kappa shape index (κ2) is 3.25. The fourth-order valence-electron chi connectivity index (χ4n) is 3.12. The van der Waals surface area contributed by atoms with E-state index in [2.05, 4.69) is 11.9 Å². The SMILES string of the molecule is CN1CC[C@@](C)(O)[C@@H]2CCCC[C@H]21. The first kappa shape index (κ1) is 9.47. The van der Waals surface area contributed by atoms with Gasteiger partial charge in [0.15, 0.2) is 0 Å². The highest BCUT2D eigenvalue weighted by Crippen LogP contribution is 2.40. The Morgan fingerprint density at radius 2 is 2.00 bits per heavy atom. The number of rotatable bonds is 0. The van der Waals surface area contributed by atoms with Gasteiger partial charge in [-0.1, -0.05) is 12.8 Å². The Balaban J connectivity index is 2.14. The van der Waals surface area contributed by atoms with Gasteiger partial charge in [-0.15, -0.1) is 0 Å². The molecule has 0 aromatic rings. The predicted octanol–water partition coefficient (Wildman–Crippen LogP) is 1.63. The van der Waals surface area contributed by atoms with E-state index < -0.39 is 5.60 Å². The highest BCUT2D eigenvalue weighted by atomic mass is 16.3. The molecule has 1 heterocycles. The van der Waals surface area contributed by atoms with Crippen LogP contribution in [0.15, 0.2) is 0 Å². The molecule has 1 saturated heterocycles. The minimum absolute atomic E-state index is 0.391. The van der Waals surface area contributed by atoms with Gasteiger partial charge < -0.3 is 10.0 Å². The molecule has 0 amide bonds. The van der Waals surface area contributed by atoms with Crippen molar-refractivity contribution < 1.29 is 5.11 Å². The van der Waals surface area contributed by atoms with E-state index in [1.807, 2.05) is 6.92 Å². The molecular weight excluding hydrogens is 162 g/mol. The molecule has 1 N–H and O–H groups in total. The van der Waals surface area contributed by atoms with Crippen molar-refractivity contribution in [2.75, 3.05) is 13.6 Å². The zero-order valence-corrected chi connectivity index (χ0v) is 8.79. The first-order chi connectivity index (χ1) is 6.11. The van der Waals surface area contributed by atoms with Gasteiger partial charge in [0.25, 0.3) is 0 Å². The van der Waals surface area contributed by atoms with Crippen molar-refractivity contribution in [1.82, 2.24) is 4.90 Å². The summed E-state index contributed by atoms with van der Waals surface area (Å²) < 4.78 is 0. The van der Waals surface area contributed by atoms with Crippen LogP contribution < -0.4 is 0 Å². The topological polar surface area (TPSA) is 23.5 Å². The average molecular weight is 183 g/mol. The fourth-order valence-corrected chi connectivity index (χ4v) is 3.12. The first-order valence-electron chi connectivity index (χ1n) is 5.54. The van der Waals surface area contributed by atoms with E-state index in [-0.39, 0.29) is 0 Å². The van der Waals surface area contributed by atoms with E-state index in [0.717, 1.165) is 13.0 Å². The smallest absolute Gasteiger partial charge is 0.0674 e. The number of likely N-dealkylation sites (tertiary alicyclic amines) is 1. The summed E-state index contributed by atoms with van der Waals surface area (Å²) in [5, 5.41) is 10.3. The molecule has 2 nitrogen and oxygen atoms in total. The summed E-state index contributed by atoms with van der Waals surface area (Å²) in [4.78, 5) is 2.45. The number of fused-ring (bicyclic) bond motifs is 1. The van der Waals surface area contributed by atoms with Crippen LogP contribution in [-0.2, 0) is 0 Å². The van der Waals surface area contributed by atoms with E-state index in [0.29, 0.717) is 12.0 Å². The summed E-state index contributed by atoms with van der Waals surface area (Å²) in [5.74, 6) is 0.528. The van der Waals surface area contributed by atoms with Crippen LogP contribution in [0.4, 0.5) is 0 Å². The van der Waals surface area contributed by atoms with Crippen LogP contribution in [0.3, 0.4) is 0 Å². The van der Waals surface area contributed by atoms with Gasteiger partial charge in [-0.3, -0.25) is 0 Å². The highest BCUT2D eigenvalue weighted by Gasteiger charge is 2.43. The largest absolute Gasteiger partial charge is 0.390 e. The van der Waals surface area contributed by atoms with Crippen molar-refractivity contribution in [3.05, 3.63) is 0 Å². The molecule has 1 aliphatic carbocycles. The van der Waals surface area contributed by atoms with E-state index >= 15 is 0 Å². The van der Waals surface area contributed by atoms with Gasteiger partial charge in [-0.05, 0) is 33.2 Å². The van der Waals surface area contributed by atoms with Gasteiger partial charge in [-0.2, -0.15) is 0 Å². The summed E-state index contributed by atoms with van der Waals surface area (Å²) >= 11 is 0. The van der Waals surface area contributed by atoms with Crippen LogP contribution >= 0.6 is 0 Å². The Bertz CT molecular complexity index is 191. The molecule has 76 valence electrons. The van der Waals surface area contributed by atoms with Crippen molar-refractivity contribution in [2.24, 2.45) is 5.92 Å². The second-order valence-electron chi connectivity index (χ2n) is 5.05. The quantitative estimate of drug-likeness (QED) is 0.617. The molecule has 0 spiro atoms. The van der Waals surface area contributed by atoms with Crippen LogP contribution in [0.2, 0.25) is 0 Å². The summed E-state index contributed by atoms with van der Waals surface area (Å²) in [6, 6.07) is 0.650. The minimum atomic E-state index is -0.391. The Morgan fingerprint density at radius 3 is 2.69 bits per heavy atom. The maximum absolute atomic E-state index is 10.3. The molecule has 0 unspecified atom stereocenters. The zero-order valence-electron chi connectivity index (χ0n) is 8.79. The summed E-state index contributed by atoms with van der Waals surface area (Å²) in [6.45, 7) is 3.09. The molecule has 1 saturated carbocycles. The van der Waals surface area contributed by atoms with Crippen molar-refractivity contribution >= 4 is 0 Å². The summed E-state index contributed by atoms with van der Waals surface area (Å²) in [7, 11) is 2.21. The molecule has 2 heteroatoms. The minimum Gasteiger partial charge on any atom is -0.390 e. The van der Waals surface area contributed by atoms with Crippen LogP contribution in [0.25, 0.3) is 0 Å². The Morgan fingerprint density at radius 1 is 1.31 bits per heavy atom. The lowest BCUT2D eigenvalue weighted by atomic mass is 9.70. The number of nitrogens with zero attached hydrogens (tertiary/aromatic N) is 1. The van der Waals surface area contributed by atoms with E-state index in [4.69, 9.17) is 0 Å². The Labute approximate surface area is 80.9 Å².